The molecule has 8 nitrogen and oxygen atoms in total. The summed E-state index contributed by atoms with van der Waals surface area (Å²) in [4.78, 5) is 23.0. The van der Waals surface area contributed by atoms with Crippen LogP contribution in [0.1, 0.15) is 13.8 Å². The van der Waals surface area contributed by atoms with Gasteiger partial charge in [-0.3, -0.25) is 19.0 Å². The number of amides is 1. The third-order valence-electron chi connectivity index (χ3n) is 4.99. The first-order chi connectivity index (χ1) is 15.0. The summed E-state index contributed by atoms with van der Waals surface area (Å²) in [5.41, 5.74) is 2.55. The Bertz CT molecular complexity index is 1280. The first-order valence-corrected chi connectivity index (χ1v) is 9.98. The third-order valence-corrected chi connectivity index (χ3v) is 4.99. The highest BCUT2D eigenvalue weighted by molar-refractivity contribution is 5.97. The van der Waals surface area contributed by atoms with Crippen LogP contribution in [-0.2, 0) is 27.4 Å². The van der Waals surface area contributed by atoms with Gasteiger partial charge in [-0.25, -0.2) is 4.39 Å². The van der Waals surface area contributed by atoms with E-state index in [-0.39, 0.29) is 24.2 Å². The van der Waals surface area contributed by atoms with Crippen LogP contribution < -0.4 is 5.32 Å². The van der Waals surface area contributed by atoms with Crippen LogP contribution in [0.4, 0.5) is 4.39 Å². The number of esters is 1. The fraction of sp³-hybridized carbons (Fsp3) is 0.273. The number of nitrogens with zero attached hydrogens (tertiary/aromatic N) is 4. The van der Waals surface area contributed by atoms with Crippen LogP contribution in [0, 0.1) is 5.82 Å². The second-order valence-corrected chi connectivity index (χ2v) is 7.09. The number of carbonyl (C=O) groups excluding carboxylic acids is 2. The smallest absolute Gasteiger partial charge is 0.327 e. The largest absolute Gasteiger partial charge is 0.465 e. The summed E-state index contributed by atoms with van der Waals surface area (Å²) in [6.07, 6.45) is 3.23. The standard InChI is InChI=1S/C22H22FN5O3/c1-3-31-22(30)13-28-20-6-4-5-16(18(20)12-26-28)17-10-21-15(9-19(17)23)11-25-27(21)8-7-24-14(2)29/h4-6,9-12H,3,7-8,13H2,1-2H3,(H,24,29). The van der Waals surface area contributed by atoms with Crippen LogP contribution in [-0.4, -0.2) is 44.6 Å². The van der Waals surface area contributed by atoms with E-state index >= 15 is 4.39 Å². The molecule has 1 N–H and O–H groups in total. The molecule has 4 rings (SSSR count). The summed E-state index contributed by atoms with van der Waals surface area (Å²) in [7, 11) is 0. The second kappa shape index (κ2) is 8.55. The third kappa shape index (κ3) is 4.11. The van der Waals surface area contributed by atoms with Gasteiger partial charge in [0.25, 0.3) is 0 Å². The van der Waals surface area contributed by atoms with Gasteiger partial charge in [0, 0.05) is 29.8 Å². The van der Waals surface area contributed by atoms with Gasteiger partial charge in [0.15, 0.2) is 0 Å². The van der Waals surface area contributed by atoms with E-state index < -0.39 is 0 Å². The molecule has 31 heavy (non-hydrogen) atoms. The topological polar surface area (TPSA) is 91.0 Å². The quantitative estimate of drug-likeness (QED) is 0.462. The fourth-order valence-corrected chi connectivity index (χ4v) is 3.61. The molecule has 0 aliphatic heterocycles. The lowest BCUT2D eigenvalue weighted by Gasteiger charge is -2.09. The Morgan fingerprint density at radius 2 is 1.90 bits per heavy atom. The summed E-state index contributed by atoms with van der Waals surface area (Å²) < 4.78 is 23.3. The molecule has 0 bridgehead atoms. The zero-order valence-corrected chi connectivity index (χ0v) is 17.3. The monoisotopic (exact) mass is 423 g/mol. The number of halogens is 1. The number of benzene rings is 2. The molecule has 9 heteroatoms. The maximum atomic E-state index is 15.0. The Morgan fingerprint density at radius 1 is 1.10 bits per heavy atom. The molecular formula is C22H22FN5O3. The van der Waals surface area contributed by atoms with Crippen LogP contribution in [0.5, 0.6) is 0 Å². The van der Waals surface area contributed by atoms with E-state index in [1.54, 1.807) is 40.8 Å². The molecule has 0 saturated heterocycles. The highest BCUT2D eigenvalue weighted by Crippen LogP contribution is 2.33. The van der Waals surface area contributed by atoms with E-state index in [0.717, 1.165) is 10.9 Å². The minimum absolute atomic E-state index is 0.0156. The van der Waals surface area contributed by atoms with Gasteiger partial charge in [-0.05, 0) is 30.7 Å². The predicted molar refractivity (Wildman–Crippen MR) is 114 cm³/mol. The Hall–Kier alpha value is -3.75. The van der Waals surface area contributed by atoms with Crippen LogP contribution in [0.15, 0.2) is 42.7 Å². The lowest BCUT2D eigenvalue weighted by molar-refractivity contribution is -0.143. The minimum atomic E-state index is -0.381. The summed E-state index contributed by atoms with van der Waals surface area (Å²) in [5, 5.41) is 12.8. The zero-order valence-electron chi connectivity index (χ0n) is 17.3. The van der Waals surface area contributed by atoms with E-state index in [4.69, 9.17) is 4.74 Å². The zero-order chi connectivity index (χ0) is 22.0. The predicted octanol–water partition coefficient (Wildman–Crippen LogP) is 2.89. The van der Waals surface area contributed by atoms with Crippen molar-refractivity contribution >= 4 is 33.7 Å². The molecule has 0 saturated carbocycles. The second-order valence-electron chi connectivity index (χ2n) is 7.09. The van der Waals surface area contributed by atoms with Crippen molar-refractivity contribution < 1.29 is 18.7 Å². The van der Waals surface area contributed by atoms with Crippen molar-refractivity contribution in [3.05, 3.63) is 48.5 Å². The van der Waals surface area contributed by atoms with E-state index in [0.29, 0.717) is 41.7 Å². The molecular weight excluding hydrogens is 401 g/mol. The average Bonchev–Trinajstić information content (AvgIpc) is 3.31. The Kier molecular flexibility index (Phi) is 5.66. The van der Waals surface area contributed by atoms with Gasteiger partial charge >= 0.3 is 5.97 Å². The molecule has 0 spiro atoms. The van der Waals surface area contributed by atoms with Crippen molar-refractivity contribution in [2.45, 2.75) is 26.9 Å². The van der Waals surface area contributed by atoms with Crippen molar-refractivity contribution in [2.24, 2.45) is 0 Å². The first-order valence-electron chi connectivity index (χ1n) is 9.98. The van der Waals surface area contributed by atoms with E-state index in [1.807, 2.05) is 12.1 Å². The number of hydrogen-bond donors (Lipinski definition) is 1. The van der Waals surface area contributed by atoms with E-state index in [2.05, 4.69) is 15.5 Å². The number of fused-ring (bicyclic) bond motifs is 2. The Labute approximate surface area is 177 Å². The molecule has 1 amide bonds. The van der Waals surface area contributed by atoms with E-state index in [1.165, 1.54) is 13.0 Å². The molecule has 4 aromatic rings. The summed E-state index contributed by atoms with van der Waals surface area (Å²) >= 11 is 0. The SMILES string of the molecule is CCOC(=O)Cn1ncc2c(-c3cc4c(cnn4CCNC(C)=O)cc3F)cccc21. The average molecular weight is 423 g/mol. The number of rotatable bonds is 7. The molecule has 2 heterocycles. The van der Waals surface area contributed by atoms with Crippen molar-refractivity contribution in [2.75, 3.05) is 13.2 Å². The highest BCUT2D eigenvalue weighted by atomic mass is 19.1. The van der Waals surface area contributed by atoms with Crippen LogP contribution in [0.25, 0.3) is 32.9 Å². The Morgan fingerprint density at radius 3 is 2.68 bits per heavy atom. The summed E-state index contributed by atoms with van der Waals surface area (Å²) in [6, 6.07) is 8.66. The molecule has 0 fully saturated rings. The maximum Gasteiger partial charge on any atom is 0.327 e. The molecule has 160 valence electrons. The van der Waals surface area contributed by atoms with Gasteiger partial charge in [0.05, 0.1) is 36.6 Å². The molecule has 0 unspecified atom stereocenters. The number of aromatic nitrogens is 4. The number of hydrogen-bond acceptors (Lipinski definition) is 5. The van der Waals surface area contributed by atoms with Crippen LogP contribution >= 0.6 is 0 Å². The molecule has 2 aromatic carbocycles. The first kappa shape index (κ1) is 20.5. The van der Waals surface area contributed by atoms with Crippen molar-refractivity contribution in [3.8, 4) is 11.1 Å². The van der Waals surface area contributed by atoms with Gasteiger partial charge in [-0.1, -0.05) is 12.1 Å². The van der Waals surface area contributed by atoms with Gasteiger partial charge in [0.1, 0.15) is 12.4 Å². The van der Waals surface area contributed by atoms with Crippen LogP contribution in [0.2, 0.25) is 0 Å². The molecule has 0 radical (unpaired) electrons. The van der Waals surface area contributed by atoms with E-state index in [9.17, 15) is 9.59 Å². The van der Waals surface area contributed by atoms with Gasteiger partial charge in [0.2, 0.25) is 5.91 Å². The summed E-state index contributed by atoms with van der Waals surface area (Å²) in [5.74, 6) is -0.872. The van der Waals surface area contributed by atoms with Crippen molar-refractivity contribution in [1.82, 2.24) is 24.9 Å². The molecule has 0 atom stereocenters. The number of ether oxygens (including phenoxy) is 1. The molecule has 0 aliphatic carbocycles. The fourth-order valence-electron chi connectivity index (χ4n) is 3.61. The molecule has 2 aromatic heterocycles. The van der Waals surface area contributed by atoms with Gasteiger partial charge in [-0.2, -0.15) is 10.2 Å². The van der Waals surface area contributed by atoms with Crippen molar-refractivity contribution in [3.63, 3.8) is 0 Å². The maximum absolute atomic E-state index is 15.0. The van der Waals surface area contributed by atoms with Crippen molar-refractivity contribution in [1.29, 1.82) is 0 Å². The van der Waals surface area contributed by atoms with Gasteiger partial charge < -0.3 is 10.1 Å². The van der Waals surface area contributed by atoms with Gasteiger partial charge in [-0.15, -0.1) is 0 Å². The highest BCUT2D eigenvalue weighted by Gasteiger charge is 2.16. The molecule has 0 aliphatic rings. The number of carbonyl (C=O) groups is 2. The minimum Gasteiger partial charge on any atom is -0.465 e. The lowest BCUT2D eigenvalue weighted by Crippen LogP contribution is -2.24. The lowest BCUT2D eigenvalue weighted by atomic mass is 10.00. The van der Waals surface area contributed by atoms with Crippen LogP contribution in [0.3, 0.4) is 0 Å². The summed E-state index contributed by atoms with van der Waals surface area (Å²) in [6.45, 7) is 4.38. The Balaban J connectivity index is 1.74. The number of nitrogens with one attached hydrogen (secondary N) is 1. The normalized spacial score (nSPS) is 11.2.